The van der Waals surface area contributed by atoms with E-state index < -0.39 is 5.91 Å². The van der Waals surface area contributed by atoms with Gasteiger partial charge in [-0.25, -0.2) is 4.98 Å². The van der Waals surface area contributed by atoms with E-state index in [0.717, 1.165) is 22.5 Å². The summed E-state index contributed by atoms with van der Waals surface area (Å²) < 4.78 is 13.2. The van der Waals surface area contributed by atoms with Crippen LogP contribution in [0.5, 0.6) is 5.75 Å². The molecule has 0 unspecified atom stereocenters. The number of aromatic nitrogens is 2. The Labute approximate surface area is 158 Å². The Bertz CT molecular complexity index is 891. The number of para-hydroxylation sites is 1. The summed E-state index contributed by atoms with van der Waals surface area (Å²) in [7, 11) is 0. The van der Waals surface area contributed by atoms with Gasteiger partial charge in [0.1, 0.15) is 5.75 Å². The van der Waals surface area contributed by atoms with E-state index in [9.17, 15) is 4.79 Å². The van der Waals surface area contributed by atoms with E-state index in [0.29, 0.717) is 25.5 Å². The minimum atomic E-state index is -0.516. The first-order chi connectivity index (χ1) is 13.2. The van der Waals surface area contributed by atoms with E-state index in [1.165, 1.54) is 0 Å². The molecule has 3 aromatic rings. The molecule has 0 aliphatic heterocycles. The minimum absolute atomic E-state index is 0.176. The van der Waals surface area contributed by atoms with Crippen LogP contribution < -0.4 is 10.5 Å². The SMILES string of the molecule is CCOCCn1cnc(-c2ccccc2)c1-c1ccccc1OCC(N)=O. The molecule has 1 heterocycles. The number of rotatable bonds is 9. The molecule has 2 aromatic carbocycles. The van der Waals surface area contributed by atoms with Gasteiger partial charge in [0.2, 0.25) is 0 Å². The normalized spacial score (nSPS) is 10.7. The number of benzene rings is 2. The van der Waals surface area contributed by atoms with Crippen molar-refractivity contribution in [3.63, 3.8) is 0 Å². The van der Waals surface area contributed by atoms with Gasteiger partial charge in [0.05, 0.1) is 24.3 Å². The highest BCUT2D eigenvalue weighted by atomic mass is 16.5. The Morgan fingerprint density at radius 1 is 1.11 bits per heavy atom. The summed E-state index contributed by atoms with van der Waals surface area (Å²) in [5.41, 5.74) is 8.87. The van der Waals surface area contributed by atoms with Gasteiger partial charge in [-0.1, -0.05) is 42.5 Å². The van der Waals surface area contributed by atoms with E-state index in [-0.39, 0.29) is 6.61 Å². The van der Waals surface area contributed by atoms with Crippen molar-refractivity contribution in [2.45, 2.75) is 13.5 Å². The molecule has 0 bridgehead atoms. The lowest BCUT2D eigenvalue weighted by Crippen LogP contribution is -2.20. The first-order valence-electron chi connectivity index (χ1n) is 8.89. The third kappa shape index (κ3) is 4.54. The fraction of sp³-hybridized carbons (Fsp3) is 0.238. The van der Waals surface area contributed by atoms with E-state index in [1.807, 2.05) is 72.4 Å². The number of carbonyl (C=O) groups is 1. The molecule has 0 saturated carbocycles. The lowest BCUT2D eigenvalue weighted by atomic mass is 10.0. The van der Waals surface area contributed by atoms with Crippen molar-refractivity contribution >= 4 is 5.91 Å². The average molecular weight is 365 g/mol. The third-order valence-corrected chi connectivity index (χ3v) is 4.08. The number of nitrogens with two attached hydrogens (primary N) is 1. The van der Waals surface area contributed by atoms with Crippen LogP contribution in [-0.2, 0) is 16.1 Å². The van der Waals surface area contributed by atoms with Crippen LogP contribution in [0.1, 0.15) is 6.92 Å². The molecule has 0 radical (unpaired) electrons. The maximum absolute atomic E-state index is 11.2. The summed E-state index contributed by atoms with van der Waals surface area (Å²) in [5, 5.41) is 0. The second kappa shape index (κ2) is 9.00. The van der Waals surface area contributed by atoms with Crippen LogP contribution in [0, 0.1) is 0 Å². The molecular weight excluding hydrogens is 342 g/mol. The van der Waals surface area contributed by atoms with Gasteiger partial charge in [-0.2, -0.15) is 0 Å². The topological polar surface area (TPSA) is 79.4 Å². The highest BCUT2D eigenvalue weighted by Crippen LogP contribution is 2.36. The number of hydrogen-bond acceptors (Lipinski definition) is 4. The number of amides is 1. The van der Waals surface area contributed by atoms with Crippen molar-refractivity contribution in [1.29, 1.82) is 0 Å². The largest absolute Gasteiger partial charge is 0.483 e. The maximum Gasteiger partial charge on any atom is 0.255 e. The van der Waals surface area contributed by atoms with Crippen LogP contribution >= 0.6 is 0 Å². The first-order valence-corrected chi connectivity index (χ1v) is 8.89. The fourth-order valence-corrected chi connectivity index (χ4v) is 2.89. The van der Waals surface area contributed by atoms with Gasteiger partial charge in [0, 0.05) is 24.3 Å². The Morgan fingerprint density at radius 3 is 2.59 bits per heavy atom. The van der Waals surface area contributed by atoms with E-state index in [2.05, 4.69) is 4.98 Å². The number of ether oxygens (including phenoxy) is 2. The standard InChI is InChI=1S/C21H23N3O3/c1-2-26-13-12-24-15-23-20(16-8-4-3-5-9-16)21(24)17-10-6-7-11-18(17)27-14-19(22)25/h3-11,15H,2,12-14H2,1H3,(H2,22,25). The molecule has 6 heteroatoms. The molecular formula is C21H23N3O3. The molecule has 1 aromatic heterocycles. The average Bonchev–Trinajstić information content (AvgIpc) is 3.11. The van der Waals surface area contributed by atoms with Crippen molar-refractivity contribution in [3.05, 3.63) is 60.9 Å². The Balaban J connectivity index is 2.07. The van der Waals surface area contributed by atoms with Crippen LogP contribution in [0.15, 0.2) is 60.9 Å². The summed E-state index contributed by atoms with van der Waals surface area (Å²) in [5.74, 6) is 0.0737. The van der Waals surface area contributed by atoms with Crippen molar-refractivity contribution in [2.24, 2.45) is 5.73 Å². The quantitative estimate of drug-likeness (QED) is 0.591. The van der Waals surface area contributed by atoms with Gasteiger partial charge in [-0.05, 0) is 19.1 Å². The summed E-state index contributed by atoms with van der Waals surface area (Å²) in [6, 6.07) is 17.5. The molecule has 1 amide bonds. The van der Waals surface area contributed by atoms with E-state index >= 15 is 0 Å². The van der Waals surface area contributed by atoms with Crippen LogP contribution in [0.25, 0.3) is 22.5 Å². The molecule has 0 spiro atoms. The van der Waals surface area contributed by atoms with Crippen molar-refractivity contribution in [3.8, 4) is 28.3 Å². The molecule has 27 heavy (non-hydrogen) atoms. The predicted octanol–water partition coefficient (Wildman–Crippen LogP) is 3.12. The van der Waals surface area contributed by atoms with Gasteiger partial charge in [0.15, 0.2) is 6.61 Å². The van der Waals surface area contributed by atoms with E-state index in [4.69, 9.17) is 15.2 Å². The highest BCUT2D eigenvalue weighted by Gasteiger charge is 2.18. The second-order valence-electron chi connectivity index (χ2n) is 5.95. The fourth-order valence-electron chi connectivity index (χ4n) is 2.89. The van der Waals surface area contributed by atoms with Crippen molar-refractivity contribution in [2.75, 3.05) is 19.8 Å². The molecule has 0 aliphatic carbocycles. The molecule has 0 fully saturated rings. The second-order valence-corrected chi connectivity index (χ2v) is 5.95. The van der Waals surface area contributed by atoms with Gasteiger partial charge < -0.3 is 19.8 Å². The maximum atomic E-state index is 11.2. The number of hydrogen-bond donors (Lipinski definition) is 1. The summed E-state index contributed by atoms with van der Waals surface area (Å²) in [6.07, 6.45) is 1.81. The molecule has 6 nitrogen and oxygen atoms in total. The lowest BCUT2D eigenvalue weighted by molar-refractivity contribution is -0.119. The molecule has 3 rings (SSSR count). The number of nitrogens with zero attached hydrogens (tertiary/aromatic N) is 2. The highest BCUT2D eigenvalue weighted by molar-refractivity contribution is 5.82. The smallest absolute Gasteiger partial charge is 0.255 e. The van der Waals surface area contributed by atoms with Gasteiger partial charge in [-0.15, -0.1) is 0 Å². The Kier molecular flexibility index (Phi) is 6.22. The summed E-state index contributed by atoms with van der Waals surface area (Å²) in [4.78, 5) is 15.8. The molecule has 0 aliphatic rings. The molecule has 2 N–H and O–H groups in total. The van der Waals surface area contributed by atoms with Crippen LogP contribution in [0.2, 0.25) is 0 Å². The Hall–Kier alpha value is -3.12. The third-order valence-electron chi connectivity index (χ3n) is 4.08. The summed E-state index contributed by atoms with van der Waals surface area (Å²) >= 11 is 0. The van der Waals surface area contributed by atoms with E-state index in [1.54, 1.807) is 0 Å². The van der Waals surface area contributed by atoms with Crippen LogP contribution in [0.4, 0.5) is 0 Å². The molecule has 0 atom stereocenters. The number of carbonyl (C=O) groups excluding carboxylic acids is 1. The zero-order valence-electron chi connectivity index (χ0n) is 15.3. The van der Waals surface area contributed by atoms with Crippen LogP contribution in [-0.4, -0.2) is 35.3 Å². The summed E-state index contributed by atoms with van der Waals surface area (Å²) in [6.45, 7) is 3.70. The number of imidazole rings is 1. The Morgan fingerprint density at radius 2 is 1.85 bits per heavy atom. The van der Waals surface area contributed by atoms with Gasteiger partial charge >= 0.3 is 0 Å². The minimum Gasteiger partial charge on any atom is -0.483 e. The first kappa shape index (κ1) is 18.7. The molecule has 140 valence electrons. The van der Waals surface area contributed by atoms with Crippen LogP contribution in [0.3, 0.4) is 0 Å². The lowest BCUT2D eigenvalue weighted by Gasteiger charge is -2.14. The number of primary amides is 1. The predicted molar refractivity (Wildman–Crippen MR) is 104 cm³/mol. The van der Waals surface area contributed by atoms with Crippen molar-refractivity contribution < 1.29 is 14.3 Å². The van der Waals surface area contributed by atoms with Gasteiger partial charge in [0.25, 0.3) is 5.91 Å². The zero-order valence-corrected chi connectivity index (χ0v) is 15.3. The zero-order chi connectivity index (χ0) is 19.1. The van der Waals surface area contributed by atoms with Gasteiger partial charge in [-0.3, -0.25) is 4.79 Å². The molecule has 0 saturated heterocycles. The monoisotopic (exact) mass is 365 g/mol. The van der Waals surface area contributed by atoms with Crippen molar-refractivity contribution in [1.82, 2.24) is 9.55 Å².